The van der Waals surface area contributed by atoms with Gasteiger partial charge in [-0.25, -0.2) is 0 Å². The second-order valence-corrected chi connectivity index (χ2v) is 5.73. The molecule has 0 radical (unpaired) electrons. The molecule has 18 heavy (non-hydrogen) atoms. The molecule has 0 aromatic heterocycles. The molecule has 0 bridgehead atoms. The van der Waals surface area contributed by atoms with Gasteiger partial charge in [0, 0.05) is 6.04 Å². The summed E-state index contributed by atoms with van der Waals surface area (Å²) in [6.07, 6.45) is 3.50. The molecule has 1 heterocycles. The van der Waals surface area contributed by atoms with E-state index in [4.69, 9.17) is 16.3 Å². The standard InChI is InChI=1S/C15H22ClNO/c1-10(2)11-7-12(8-13-5-4-6-17-13)15(16)14(9-11)18-3/h7,9-10,13,17H,4-6,8H2,1-3H3. The summed E-state index contributed by atoms with van der Waals surface area (Å²) in [4.78, 5) is 0. The molecular formula is C15H22ClNO. The quantitative estimate of drug-likeness (QED) is 0.897. The second-order valence-electron chi connectivity index (χ2n) is 5.35. The van der Waals surface area contributed by atoms with E-state index in [-0.39, 0.29) is 0 Å². The van der Waals surface area contributed by atoms with E-state index in [0.29, 0.717) is 12.0 Å². The fourth-order valence-corrected chi connectivity index (χ4v) is 2.77. The van der Waals surface area contributed by atoms with Crippen LogP contribution >= 0.6 is 11.6 Å². The minimum Gasteiger partial charge on any atom is -0.495 e. The average molecular weight is 268 g/mol. The molecule has 0 amide bonds. The Kier molecular flexibility index (Phi) is 4.52. The number of hydrogen-bond acceptors (Lipinski definition) is 2. The number of methoxy groups -OCH3 is 1. The second kappa shape index (κ2) is 5.94. The topological polar surface area (TPSA) is 21.3 Å². The first kappa shape index (κ1) is 13.7. The lowest BCUT2D eigenvalue weighted by atomic mass is 9.96. The van der Waals surface area contributed by atoms with Crippen LogP contribution in [0.1, 0.15) is 43.7 Å². The van der Waals surface area contributed by atoms with Crippen molar-refractivity contribution in [3.63, 3.8) is 0 Å². The molecule has 0 spiro atoms. The van der Waals surface area contributed by atoms with Crippen molar-refractivity contribution in [1.29, 1.82) is 0 Å². The molecule has 1 aromatic rings. The lowest BCUT2D eigenvalue weighted by molar-refractivity contribution is 0.413. The fourth-order valence-electron chi connectivity index (χ4n) is 2.51. The van der Waals surface area contributed by atoms with Gasteiger partial charge in [-0.2, -0.15) is 0 Å². The van der Waals surface area contributed by atoms with E-state index in [1.807, 2.05) is 0 Å². The summed E-state index contributed by atoms with van der Waals surface area (Å²) in [6, 6.07) is 4.85. The Labute approximate surface area is 115 Å². The normalized spacial score (nSPS) is 19.5. The summed E-state index contributed by atoms with van der Waals surface area (Å²) in [5.74, 6) is 1.29. The van der Waals surface area contributed by atoms with Crippen LogP contribution in [0.4, 0.5) is 0 Å². The smallest absolute Gasteiger partial charge is 0.138 e. The number of benzene rings is 1. The van der Waals surface area contributed by atoms with E-state index in [2.05, 4.69) is 31.3 Å². The van der Waals surface area contributed by atoms with E-state index >= 15 is 0 Å². The highest BCUT2D eigenvalue weighted by atomic mass is 35.5. The molecule has 1 fully saturated rings. The summed E-state index contributed by atoms with van der Waals surface area (Å²) in [7, 11) is 1.68. The Balaban J connectivity index is 2.28. The predicted molar refractivity (Wildman–Crippen MR) is 76.8 cm³/mol. The van der Waals surface area contributed by atoms with Crippen molar-refractivity contribution in [1.82, 2.24) is 5.32 Å². The largest absolute Gasteiger partial charge is 0.495 e. The van der Waals surface area contributed by atoms with Gasteiger partial charge in [-0.3, -0.25) is 0 Å². The highest BCUT2D eigenvalue weighted by Crippen LogP contribution is 2.33. The monoisotopic (exact) mass is 267 g/mol. The van der Waals surface area contributed by atoms with Gasteiger partial charge < -0.3 is 10.1 Å². The van der Waals surface area contributed by atoms with Crippen LogP contribution in [0.25, 0.3) is 0 Å². The average Bonchev–Trinajstić information content (AvgIpc) is 2.84. The van der Waals surface area contributed by atoms with Gasteiger partial charge in [-0.15, -0.1) is 0 Å². The molecule has 1 saturated heterocycles. The van der Waals surface area contributed by atoms with Crippen LogP contribution in [0.2, 0.25) is 5.02 Å². The van der Waals surface area contributed by atoms with E-state index in [0.717, 1.165) is 23.7 Å². The Hall–Kier alpha value is -0.730. The van der Waals surface area contributed by atoms with Gasteiger partial charge in [-0.05, 0) is 48.9 Å². The zero-order valence-electron chi connectivity index (χ0n) is 11.4. The van der Waals surface area contributed by atoms with Crippen molar-refractivity contribution < 1.29 is 4.74 Å². The molecule has 3 heteroatoms. The van der Waals surface area contributed by atoms with E-state index < -0.39 is 0 Å². The minimum absolute atomic E-state index is 0.492. The summed E-state index contributed by atoms with van der Waals surface area (Å²) < 4.78 is 5.39. The zero-order valence-corrected chi connectivity index (χ0v) is 12.2. The van der Waals surface area contributed by atoms with Crippen molar-refractivity contribution in [2.45, 2.75) is 45.1 Å². The Morgan fingerprint density at radius 3 is 2.78 bits per heavy atom. The first-order valence-electron chi connectivity index (χ1n) is 6.71. The zero-order chi connectivity index (χ0) is 13.1. The van der Waals surface area contributed by atoms with Gasteiger partial charge in [0.05, 0.1) is 12.1 Å². The SMILES string of the molecule is COc1cc(C(C)C)cc(CC2CCCN2)c1Cl. The molecule has 1 aromatic carbocycles. The molecule has 1 N–H and O–H groups in total. The van der Waals surface area contributed by atoms with Gasteiger partial charge in [0.2, 0.25) is 0 Å². The maximum absolute atomic E-state index is 6.41. The van der Waals surface area contributed by atoms with E-state index in [1.165, 1.54) is 24.0 Å². The van der Waals surface area contributed by atoms with Gasteiger partial charge in [-0.1, -0.05) is 31.5 Å². The van der Waals surface area contributed by atoms with Crippen LogP contribution in [0.15, 0.2) is 12.1 Å². The van der Waals surface area contributed by atoms with Crippen LogP contribution in [0.5, 0.6) is 5.75 Å². The van der Waals surface area contributed by atoms with E-state index in [9.17, 15) is 0 Å². The molecule has 1 atom stereocenters. The highest BCUT2D eigenvalue weighted by Gasteiger charge is 2.18. The summed E-state index contributed by atoms with van der Waals surface area (Å²) in [6.45, 7) is 5.52. The van der Waals surface area contributed by atoms with Gasteiger partial charge in [0.15, 0.2) is 0 Å². The van der Waals surface area contributed by atoms with Crippen LogP contribution in [-0.2, 0) is 6.42 Å². The first-order valence-corrected chi connectivity index (χ1v) is 7.09. The third-order valence-electron chi connectivity index (χ3n) is 3.65. The molecule has 0 aliphatic carbocycles. The van der Waals surface area contributed by atoms with E-state index in [1.54, 1.807) is 7.11 Å². The molecular weight excluding hydrogens is 246 g/mol. The van der Waals surface area contributed by atoms with Crippen molar-refractivity contribution in [2.24, 2.45) is 0 Å². The first-order chi connectivity index (χ1) is 8.61. The van der Waals surface area contributed by atoms with Crippen molar-refractivity contribution >= 4 is 11.6 Å². The van der Waals surface area contributed by atoms with Crippen LogP contribution in [0, 0.1) is 0 Å². The number of halogens is 1. The molecule has 0 saturated carbocycles. The molecule has 100 valence electrons. The van der Waals surface area contributed by atoms with Crippen molar-refractivity contribution in [3.8, 4) is 5.75 Å². The molecule has 1 unspecified atom stereocenters. The number of hydrogen-bond donors (Lipinski definition) is 1. The Morgan fingerprint density at radius 2 is 2.22 bits per heavy atom. The molecule has 2 nitrogen and oxygen atoms in total. The maximum Gasteiger partial charge on any atom is 0.138 e. The van der Waals surface area contributed by atoms with Gasteiger partial charge >= 0.3 is 0 Å². The lowest BCUT2D eigenvalue weighted by Gasteiger charge is -2.17. The van der Waals surface area contributed by atoms with Crippen LogP contribution in [0.3, 0.4) is 0 Å². The van der Waals surface area contributed by atoms with Crippen molar-refractivity contribution in [2.75, 3.05) is 13.7 Å². The summed E-state index contributed by atoms with van der Waals surface area (Å²) >= 11 is 6.41. The lowest BCUT2D eigenvalue weighted by Crippen LogP contribution is -2.23. The molecule has 1 aliphatic heterocycles. The highest BCUT2D eigenvalue weighted by molar-refractivity contribution is 6.32. The van der Waals surface area contributed by atoms with Gasteiger partial charge in [0.25, 0.3) is 0 Å². The molecule has 2 rings (SSSR count). The minimum atomic E-state index is 0.492. The number of ether oxygens (including phenoxy) is 1. The van der Waals surface area contributed by atoms with Gasteiger partial charge in [0.1, 0.15) is 5.75 Å². The number of rotatable bonds is 4. The Morgan fingerprint density at radius 1 is 1.44 bits per heavy atom. The van der Waals surface area contributed by atoms with Crippen LogP contribution < -0.4 is 10.1 Å². The molecule has 1 aliphatic rings. The number of nitrogens with one attached hydrogen (secondary N) is 1. The third-order valence-corrected chi connectivity index (χ3v) is 4.08. The third kappa shape index (κ3) is 2.99. The van der Waals surface area contributed by atoms with Crippen LogP contribution in [-0.4, -0.2) is 19.7 Å². The maximum atomic E-state index is 6.41. The summed E-state index contributed by atoms with van der Waals surface area (Å²) in [5.41, 5.74) is 2.50. The Bertz CT molecular complexity index is 411. The predicted octanol–water partition coefficient (Wildman–Crippen LogP) is 3.77. The summed E-state index contributed by atoms with van der Waals surface area (Å²) in [5, 5.41) is 4.29. The fraction of sp³-hybridized carbons (Fsp3) is 0.600. The van der Waals surface area contributed by atoms with Crippen molar-refractivity contribution in [3.05, 3.63) is 28.3 Å².